The molecule has 3 aromatic carbocycles. The number of barbiturate groups is 1. The number of aryl methyl sites for hydroxylation is 2. The van der Waals surface area contributed by atoms with Crippen LogP contribution >= 0.6 is 11.6 Å². The van der Waals surface area contributed by atoms with Gasteiger partial charge in [-0.25, -0.2) is 14.1 Å². The van der Waals surface area contributed by atoms with E-state index in [0.717, 1.165) is 21.6 Å². The topological polar surface area (TPSA) is 84.9 Å². The fraction of sp³-hybridized carbons (Fsp3) is 0.179. The number of benzene rings is 3. The highest BCUT2D eigenvalue weighted by molar-refractivity contribution is 6.39. The Morgan fingerprint density at radius 1 is 0.973 bits per heavy atom. The molecule has 0 unspecified atom stereocenters. The molecule has 1 heterocycles. The molecule has 9 heteroatoms. The summed E-state index contributed by atoms with van der Waals surface area (Å²) >= 11 is 6.49. The van der Waals surface area contributed by atoms with Gasteiger partial charge < -0.3 is 9.47 Å². The third kappa shape index (κ3) is 5.81. The maximum absolute atomic E-state index is 13.3. The minimum atomic E-state index is -0.824. The highest BCUT2D eigenvalue weighted by Gasteiger charge is 2.37. The normalized spacial score (nSPS) is 14.7. The van der Waals surface area contributed by atoms with Gasteiger partial charge in [0.1, 0.15) is 18.0 Å². The van der Waals surface area contributed by atoms with E-state index in [2.05, 4.69) is 5.32 Å². The average molecular weight is 523 g/mol. The zero-order chi connectivity index (χ0) is 26.7. The number of halogens is 2. The van der Waals surface area contributed by atoms with Gasteiger partial charge >= 0.3 is 6.03 Å². The van der Waals surface area contributed by atoms with E-state index in [4.69, 9.17) is 21.1 Å². The molecule has 0 aromatic heterocycles. The number of urea groups is 1. The summed E-state index contributed by atoms with van der Waals surface area (Å²) in [7, 11) is 0. The summed E-state index contributed by atoms with van der Waals surface area (Å²) in [5.41, 5.74) is 2.97. The molecule has 0 spiro atoms. The molecule has 0 bridgehead atoms. The lowest BCUT2D eigenvalue weighted by atomic mass is 10.0. The number of amides is 4. The van der Waals surface area contributed by atoms with Crippen molar-refractivity contribution < 1.29 is 28.2 Å². The maximum atomic E-state index is 13.3. The van der Waals surface area contributed by atoms with Crippen LogP contribution in [0.2, 0.25) is 5.02 Å². The van der Waals surface area contributed by atoms with Crippen LogP contribution in [0, 0.1) is 19.7 Å². The Balaban J connectivity index is 1.67. The zero-order valence-electron chi connectivity index (χ0n) is 20.4. The Morgan fingerprint density at radius 3 is 2.30 bits per heavy atom. The molecule has 4 amide bonds. The van der Waals surface area contributed by atoms with Crippen molar-refractivity contribution in [2.45, 2.75) is 27.4 Å². The van der Waals surface area contributed by atoms with Gasteiger partial charge in [-0.3, -0.25) is 14.9 Å². The molecular formula is C28H24ClFN2O5. The van der Waals surface area contributed by atoms with Gasteiger partial charge in [-0.15, -0.1) is 0 Å². The van der Waals surface area contributed by atoms with Crippen molar-refractivity contribution >= 4 is 41.2 Å². The molecule has 0 radical (unpaired) electrons. The van der Waals surface area contributed by atoms with Gasteiger partial charge in [-0.1, -0.05) is 29.8 Å². The number of hydrogen-bond acceptors (Lipinski definition) is 5. The van der Waals surface area contributed by atoms with Crippen LogP contribution in [-0.2, 0) is 16.2 Å². The maximum Gasteiger partial charge on any atom is 0.335 e. The van der Waals surface area contributed by atoms with E-state index in [-0.39, 0.29) is 28.8 Å². The fourth-order valence-corrected chi connectivity index (χ4v) is 4.22. The Labute approximate surface area is 218 Å². The number of rotatable bonds is 7. The highest BCUT2D eigenvalue weighted by Crippen LogP contribution is 2.38. The summed E-state index contributed by atoms with van der Waals surface area (Å²) in [6, 6.07) is 13.4. The van der Waals surface area contributed by atoms with E-state index in [1.165, 1.54) is 24.3 Å². The monoisotopic (exact) mass is 522 g/mol. The molecule has 0 atom stereocenters. The van der Waals surface area contributed by atoms with Gasteiger partial charge in [-0.05, 0) is 85.5 Å². The summed E-state index contributed by atoms with van der Waals surface area (Å²) in [6.45, 7) is 5.91. The molecule has 1 aliphatic heterocycles. The predicted octanol–water partition coefficient (Wildman–Crippen LogP) is 5.74. The molecule has 4 rings (SSSR count). The standard InChI is InChI=1S/C28H24ClFN2O5/c1-4-36-24-14-19(13-23(29)25(24)37-15-18-5-7-20(30)8-6-18)12-22-26(33)31-28(35)32(27(22)34)21-10-16(2)9-17(3)11-21/h5-14H,4,15H2,1-3H3,(H,31,33,35)/b22-12+. The van der Waals surface area contributed by atoms with Crippen LogP contribution in [0.4, 0.5) is 14.9 Å². The number of nitrogens with one attached hydrogen (secondary N) is 1. The second kappa shape index (κ2) is 10.8. The molecule has 1 N–H and O–H groups in total. The zero-order valence-corrected chi connectivity index (χ0v) is 21.2. The Kier molecular flexibility index (Phi) is 7.59. The van der Waals surface area contributed by atoms with Crippen LogP contribution in [0.1, 0.15) is 29.2 Å². The van der Waals surface area contributed by atoms with Crippen LogP contribution in [0.5, 0.6) is 11.5 Å². The van der Waals surface area contributed by atoms with Crippen molar-refractivity contribution in [3.05, 3.63) is 93.3 Å². The summed E-state index contributed by atoms with van der Waals surface area (Å²) < 4.78 is 24.7. The number of nitrogens with zero attached hydrogens (tertiary/aromatic N) is 1. The molecule has 1 saturated heterocycles. The Morgan fingerprint density at radius 2 is 1.65 bits per heavy atom. The number of carbonyl (C=O) groups is 3. The summed E-state index contributed by atoms with van der Waals surface area (Å²) in [5, 5.41) is 2.40. The van der Waals surface area contributed by atoms with Crippen LogP contribution < -0.4 is 19.7 Å². The van der Waals surface area contributed by atoms with E-state index < -0.39 is 17.8 Å². The van der Waals surface area contributed by atoms with Crippen molar-refractivity contribution in [2.75, 3.05) is 11.5 Å². The quantitative estimate of drug-likeness (QED) is 0.316. The third-order valence-electron chi connectivity index (χ3n) is 5.51. The largest absolute Gasteiger partial charge is 0.490 e. The number of hydrogen-bond donors (Lipinski definition) is 1. The smallest absolute Gasteiger partial charge is 0.335 e. The van der Waals surface area contributed by atoms with Crippen molar-refractivity contribution in [3.63, 3.8) is 0 Å². The van der Waals surface area contributed by atoms with E-state index in [1.807, 2.05) is 19.9 Å². The predicted molar refractivity (Wildman–Crippen MR) is 138 cm³/mol. The second-order valence-corrected chi connectivity index (χ2v) is 8.89. The number of ether oxygens (including phenoxy) is 2. The molecule has 1 fully saturated rings. The fourth-order valence-electron chi connectivity index (χ4n) is 3.95. The summed E-state index contributed by atoms with van der Waals surface area (Å²) in [6.07, 6.45) is 1.35. The first-order chi connectivity index (χ1) is 17.7. The van der Waals surface area contributed by atoms with Gasteiger partial charge in [-0.2, -0.15) is 0 Å². The van der Waals surface area contributed by atoms with Gasteiger partial charge in [0, 0.05) is 0 Å². The van der Waals surface area contributed by atoms with Crippen molar-refractivity contribution in [1.82, 2.24) is 5.32 Å². The lowest BCUT2D eigenvalue weighted by Crippen LogP contribution is -2.54. The number of imide groups is 2. The molecule has 3 aromatic rings. The molecule has 190 valence electrons. The Bertz CT molecular complexity index is 1400. The van der Waals surface area contributed by atoms with Gasteiger partial charge in [0.15, 0.2) is 11.5 Å². The van der Waals surface area contributed by atoms with E-state index in [1.54, 1.807) is 37.3 Å². The van der Waals surface area contributed by atoms with Crippen molar-refractivity contribution in [2.24, 2.45) is 0 Å². The van der Waals surface area contributed by atoms with E-state index in [9.17, 15) is 18.8 Å². The van der Waals surface area contributed by atoms with Crippen LogP contribution in [0.3, 0.4) is 0 Å². The highest BCUT2D eigenvalue weighted by atomic mass is 35.5. The van der Waals surface area contributed by atoms with Gasteiger partial charge in [0.05, 0.1) is 17.3 Å². The summed E-state index contributed by atoms with van der Waals surface area (Å²) in [5.74, 6) is -1.37. The van der Waals surface area contributed by atoms with Crippen LogP contribution in [0.25, 0.3) is 6.08 Å². The van der Waals surface area contributed by atoms with E-state index in [0.29, 0.717) is 23.6 Å². The molecule has 37 heavy (non-hydrogen) atoms. The lowest BCUT2D eigenvalue weighted by Gasteiger charge is -2.27. The summed E-state index contributed by atoms with van der Waals surface area (Å²) in [4.78, 5) is 39.4. The first-order valence-electron chi connectivity index (χ1n) is 11.5. The molecule has 0 aliphatic carbocycles. The Hall–Kier alpha value is -4.17. The third-order valence-corrected chi connectivity index (χ3v) is 5.79. The first-order valence-corrected chi connectivity index (χ1v) is 11.9. The minimum absolute atomic E-state index is 0.119. The molecule has 0 saturated carbocycles. The minimum Gasteiger partial charge on any atom is -0.490 e. The SMILES string of the molecule is CCOc1cc(/C=C2\C(=O)NC(=O)N(c3cc(C)cc(C)c3)C2=O)cc(Cl)c1OCc1ccc(F)cc1. The first kappa shape index (κ1) is 25.9. The van der Waals surface area contributed by atoms with Crippen molar-refractivity contribution in [1.29, 1.82) is 0 Å². The molecule has 7 nitrogen and oxygen atoms in total. The molecule has 1 aliphatic rings. The number of anilines is 1. The van der Waals surface area contributed by atoms with Crippen LogP contribution in [-0.4, -0.2) is 24.5 Å². The average Bonchev–Trinajstić information content (AvgIpc) is 2.82. The number of carbonyl (C=O) groups excluding carboxylic acids is 3. The van der Waals surface area contributed by atoms with Crippen molar-refractivity contribution in [3.8, 4) is 11.5 Å². The lowest BCUT2D eigenvalue weighted by molar-refractivity contribution is -0.122. The second-order valence-electron chi connectivity index (χ2n) is 8.48. The molecular weight excluding hydrogens is 499 g/mol. The van der Waals surface area contributed by atoms with Gasteiger partial charge in [0.2, 0.25) is 0 Å². The van der Waals surface area contributed by atoms with Crippen LogP contribution in [0.15, 0.2) is 60.2 Å². The van der Waals surface area contributed by atoms with E-state index >= 15 is 0 Å². The van der Waals surface area contributed by atoms with Gasteiger partial charge in [0.25, 0.3) is 11.8 Å².